The maximum atomic E-state index is 9.10. The number of carboxylic acids is 2. The van der Waals surface area contributed by atoms with Crippen LogP contribution in [0.4, 0.5) is 0 Å². The van der Waals surface area contributed by atoms with Crippen molar-refractivity contribution in [1.82, 2.24) is 0 Å². The van der Waals surface area contributed by atoms with Gasteiger partial charge < -0.3 is 21.7 Å². The molecule has 0 amide bonds. The summed E-state index contributed by atoms with van der Waals surface area (Å²) in [7, 11) is 0. The van der Waals surface area contributed by atoms with Crippen molar-refractivity contribution in [3.63, 3.8) is 0 Å². The van der Waals surface area contributed by atoms with Crippen LogP contribution in [-0.2, 0) is 32.0 Å². The Balaban J connectivity index is -0.000000114. The molecule has 0 fully saturated rings. The first-order chi connectivity index (χ1) is 4.56. The number of hydrogen-bond donors (Lipinski definition) is 4. The number of rotatable bonds is 1. The Morgan fingerprint density at radius 2 is 1.18 bits per heavy atom. The zero-order chi connectivity index (χ0) is 8.57. The van der Waals surface area contributed by atoms with E-state index in [-0.39, 0.29) is 22.4 Å². The summed E-state index contributed by atoms with van der Waals surface area (Å²) in [5.41, 5.74) is 9.81. The summed E-state index contributed by atoms with van der Waals surface area (Å²) >= 11 is 0. The fourth-order valence-corrected chi connectivity index (χ4v) is 0. The summed E-state index contributed by atoms with van der Waals surface area (Å²) in [6.07, 6.45) is 0. The minimum atomic E-state index is -1.82. The van der Waals surface area contributed by atoms with Crippen LogP contribution in [0.3, 0.4) is 0 Å². The third-order valence-corrected chi connectivity index (χ3v) is 0.350. The molecule has 0 rings (SSSR count). The molecule has 0 unspecified atom stereocenters. The van der Waals surface area contributed by atoms with Gasteiger partial charge in [0, 0.05) is 35.5 Å². The second kappa shape index (κ2) is 12.3. The van der Waals surface area contributed by atoms with Crippen LogP contribution in [0, 0.1) is 0 Å². The van der Waals surface area contributed by atoms with Crippen LogP contribution >= 0.6 is 0 Å². The minimum Gasteiger partial charge on any atom is -0.473 e. The summed E-state index contributed by atoms with van der Waals surface area (Å²) in [6, 6.07) is 0. The van der Waals surface area contributed by atoms with Gasteiger partial charge in [0.25, 0.3) is 0 Å². The van der Waals surface area contributed by atoms with Crippen molar-refractivity contribution in [2.45, 2.75) is 0 Å². The van der Waals surface area contributed by atoms with Crippen LogP contribution in [-0.4, -0.2) is 35.2 Å². The molecule has 0 atom stereocenters. The molecule has 0 spiro atoms. The van der Waals surface area contributed by atoms with E-state index in [0.717, 1.165) is 0 Å². The molecule has 0 saturated heterocycles. The molecule has 0 saturated carbocycles. The smallest absolute Gasteiger partial charge is 0.414 e. The maximum absolute atomic E-state index is 9.10. The monoisotopic (exact) mass is 257 g/mol. The Morgan fingerprint density at radius 3 is 1.18 bits per heavy atom. The van der Waals surface area contributed by atoms with Gasteiger partial charge in [-0.2, -0.15) is 0 Å². The van der Waals surface area contributed by atoms with Crippen LogP contribution in [0.25, 0.3) is 0 Å². The molecule has 0 aliphatic heterocycles. The molecule has 0 aliphatic rings. The van der Waals surface area contributed by atoms with Crippen molar-refractivity contribution in [2.75, 3.05) is 13.1 Å². The molecule has 0 bridgehead atoms. The number of aliphatic carboxylic acids is 2. The Bertz CT molecular complexity index is 105. The topological polar surface area (TPSA) is 127 Å². The largest absolute Gasteiger partial charge is 0.473 e. The first-order valence-electron chi connectivity index (χ1n) is 2.42. The first-order valence-corrected chi connectivity index (χ1v) is 2.42. The van der Waals surface area contributed by atoms with Gasteiger partial charge in [0.05, 0.1) is 0 Å². The zero-order valence-corrected chi connectivity index (χ0v) is 7.06. The van der Waals surface area contributed by atoms with Gasteiger partial charge in [-0.25, -0.2) is 9.59 Å². The fraction of sp³-hybridized carbons (Fsp3) is 0.500. The van der Waals surface area contributed by atoms with E-state index in [1.165, 1.54) is 0 Å². The minimum absolute atomic E-state index is 0. The van der Waals surface area contributed by atoms with E-state index in [0.29, 0.717) is 13.1 Å². The van der Waals surface area contributed by atoms with Crippen LogP contribution in [0.2, 0.25) is 0 Å². The molecule has 11 heavy (non-hydrogen) atoms. The molecule has 0 aromatic carbocycles. The molecule has 0 aliphatic carbocycles. The predicted octanol–water partition coefficient (Wildman–Crippen LogP) is -1.94. The van der Waals surface area contributed by atoms with E-state index in [1.54, 1.807) is 0 Å². The van der Waals surface area contributed by atoms with E-state index in [9.17, 15) is 0 Å². The van der Waals surface area contributed by atoms with E-state index in [1.807, 2.05) is 0 Å². The van der Waals surface area contributed by atoms with Crippen LogP contribution in [0.1, 0.15) is 0 Å². The normalized spacial score (nSPS) is 6.73. The Labute approximate surface area is 79.1 Å². The third-order valence-electron chi connectivity index (χ3n) is 0.350. The molecule has 0 aromatic rings. The van der Waals surface area contributed by atoms with Crippen molar-refractivity contribution in [3.05, 3.63) is 0 Å². The van der Waals surface area contributed by atoms with Crippen LogP contribution < -0.4 is 11.5 Å². The van der Waals surface area contributed by atoms with Crippen LogP contribution in [0.5, 0.6) is 0 Å². The summed E-state index contributed by atoms with van der Waals surface area (Å²) < 4.78 is 0. The van der Waals surface area contributed by atoms with E-state index in [4.69, 9.17) is 31.3 Å². The maximum Gasteiger partial charge on any atom is 0.414 e. The average Bonchev–Trinajstić information content (AvgIpc) is 1.89. The molecule has 7 heteroatoms. The number of nitrogens with two attached hydrogens (primary N) is 2. The summed E-state index contributed by atoms with van der Waals surface area (Å²) in [5.74, 6) is -3.65. The zero-order valence-electron chi connectivity index (χ0n) is 5.58. The molecule has 0 heterocycles. The third kappa shape index (κ3) is 26.2. The van der Waals surface area contributed by atoms with Gasteiger partial charge in [-0.15, -0.1) is 0 Å². The van der Waals surface area contributed by atoms with E-state index >= 15 is 0 Å². The molecule has 1 radical (unpaired) electrons. The standard InChI is InChI=1S/C2H8N2.C2H2O4.Ag/c3-1-2-4;3-1(4)2(5)6;/h1-4H2;(H,3,4)(H,5,6);. The number of hydrogen-bond acceptors (Lipinski definition) is 4. The Kier molecular flexibility index (Phi) is 18.9. The van der Waals surface area contributed by atoms with Crippen LogP contribution in [0.15, 0.2) is 0 Å². The summed E-state index contributed by atoms with van der Waals surface area (Å²) in [5, 5.41) is 14.8. The van der Waals surface area contributed by atoms with Gasteiger partial charge in [-0.05, 0) is 0 Å². The number of carboxylic acid groups (broad SMARTS) is 2. The predicted molar refractivity (Wildman–Crippen MR) is 33.4 cm³/mol. The SMILES string of the molecule is NCCN.O=C(O)C(=O)O.[Ag]. The van der Waals surface area contributed by atoms with Gasteiger partial charge >= 0.3 is 11.9 Å². The number of carbonyl (C=O) groups is 2. The van der Waals surface area contributed by atoms with Gasteiger partial charge in [-0.1, -0.05) is 0 Å². The van der Waals surface area contributed by atoms with E-state index in [2.05, 4.69) is 0 Å². The Morgan fingerprint density at radius 1 is 1.00 bits per heavy atom. The van der Waals surface area contributed by atoms with Gasteiger partial charge in [0.1, 0.15) is 0 Å². The molecule has 6 nitrogen and oxygen atoms in total. The van der Waals surface area contributed by atoms with E-state index < -0.39 is 11.9 Å². The van der Waals surface area contributed by atoms with Crippen molar-refractivity contribution in [1.29, 1.82) is 0 Å². The van der Waals surface area contributed by atoms with Crippen molar-refractivity contribution < 1.29 is 42.2 Å². The fourth-order valence-electron chi connectivity index (χ4n) is 0. The molecular weight excluding hydrogens is 248 g/mol. The van der Waals surface area contributed by atoms with Crippen molar-refractivity contribution in [2.24, 2.45) is 11.5 Å². The quantitative estimate of drug-likeness (QED) is 0.320. The molecule has 71 valence electrons. The first kappa shape index (κ1) is 16.9. The van der Waals surface area contributed by atoms with Gasteiger partial charge in [-0.3, -0.25) is 0 Å². The second-order valence-corrected chi connectivity index (χ2v) is 1.19. The van der Waals surface area contributed by atoms with Gasteiger partial charge in [0.2, 0.25) is 0 Å². The second-order valence-electron chi connectivity index (χ2n) is 1.19. The van der Waals surface area contributed by atoms with Crippen molar-refractivity contribution >= 4 is 11.9 Å². The van der Waals surface area contributed by atoms with Gasteiger partial charge in [0.15, 0.2) is 0 Å². The van der Waals surface area contributed by atoms with Crippen molar-refractivity contribution in [3.8, 4) is 0 Å². The summed E-state index contributed by atoms with van der Waals surface area (Å²) in [6.45, 7) is 1.19. The molecular formula is C4H10AgN2O4. The molecule has 6 N–H and O–H groups in total. The molecule has 0 aromatic heterocycles. The Hall–Kier alpha value is -0.400. The summed E-state index contributed by atoms with van der Waals surface area (Å²) in [4.78, 5) is 18.2. The average molecular weight is 258 g/mol.